The largest absolute Gasteiger partial charge is 0.497 e. The number of amides is 1. The average molecular weight is 439 g/mol. The molecular weight excluding hydrogens is 412 g/mol. The lowest BCUT2D eigenvalue weighted by Crippen LogP contribution is -2.41. The van der Waals surface area contributed by atoms with Crippen molar-refractivity contribution in [3.05, 3.63) is 66.0 Å². The van der Waals surface area contributed by atoms with Gasteiger partial charge in [0.15, 0.2) is 5.16 Å². The molecule has 162 valence electrons. The summed E-state index contributed by atoms with van der Waals surface area (Å²) in [5.41, 5.74) is 2.21. The molecule has 0 atom stereocenters. The summed E-state index contributed by atoms with van der Waals surface area (Å²) in [6.45, 7) is 2.49. The highest BCUT2D eigenvalue weighted by atomic mass is 32.2. The molecule has 4 rings (SSSR count). The highest BCUT2D eigenvalue weighted by molar-refractivity contribution is 7.99. The molecule has 0 aliphatic carbocycles. The highest BCUT2D eigenvalue weighted by Gasteiger charge is 2.20. The zero-order valence-electron chi connectivity index (χ0n) is 17.6. The van der Waals surface area contributed by atoms with E-state index in [4.69, 9.17) is 9.47 Å². The average Bonchev–Trinajstić information content (AvgIpc) is 3.25. The van der Waals surface area contributed by atoms with Gasteiger partial charge in [-0.25, -0.2) is 0 Å². The van der Waals surface area contributed by atoms with E-state index < -0.39 is 0 Å². The van der Waals surface area contributed by atoms with Crippen LogP contribution in [0, 0.1) is 0 Å². The quantitative estimate of drug-likeness (QED) is 0.504. The van der Waals surface area contributed by atoms with Gasteiger partial charge in [0.1, 0.15) is 11.6 Å². The number of carbonyl (C=O) groups is 1. The fourth-order valence-corrected chi connectivity index (χ4v) is 4.35. The van der Waals surface area contributed by atoms with Gasteiger partial charge in [-0.3, -0.25) is 9.36 Å². The van der Waals surface area contributed by atoms with Crippen LogP contribution >= 0.6 is 11.8 Å². The second-order valence-electron chi connectivity index (χ2n) is 7.20. The first kappa shape index (κ1) is 21.4. The number of nitrogens with zero attached hydrogens (tertiary/aromatic N) is 4. The van der Waals surface area contributed by atoms with Crippen LogP contribution in [-0.4, -0.2) is 64.7 Å². The van der Waals surface area contributed by atoms with E-state index in [0.717, 1.165) is 35.3 Å². The van der Waals surface area contributed by atoms with Crippen molar-refractivity contribution in [2.75, 3.05) is 39.2 Å². The van der Waals surface area contributed by atoms with Crippen molar-refractivity contribution < 1.29 is 14.3 Å². The highest BCUT2D eigenvalue weighted by Crippen LogP contribution is 2.25. The van der Waals surface area contributed by atoms with E-state index in [2.05, 4.69) is 22.3 Å². The van der Waals surface area contributed by atoms with Crippen molar-refractivity contribution >= 4 is 17.7 Å². The molecule has 0 spiro atoms. The summed E-state index contributed by atoms with van der Waals surface area (Å²) in [5, 5.41) is 9.59. The van der Waals surface area contributed by atoms with Gasteiger partial charge in [0.25, 0.3) is 0 Å². The maximum Gasteiger partial charge on any atom is 0.233 e. The third-order valence-electron chi connectivity index (χ3n) is 5.20. The predicted molar refractivity (Wildman–Crippen MR) is 120 cm³/mol. The molecule has 1 aromatic heterocycles. The first-order chi connectivity index (χ1) is 15.2. The Morgan fingerprint density at radius 2 is 1.77 bits per heavy atom. The van der Waals surface area contributed by atoms with Crippen LogP contribution < -0.4 is 4.74 Å². The molecule has 3 aromatic rings. The molecule has 0 unspecified atom stereocenters. The number of aryl methyl sites for hydroxylation is 2. The Labute approximate surface area is 186 Å². The molecule has 8 heteroatoms. The summed E-state index contributed by atoms with van der Waals surface area (Å²) in [4.78, 5) is 14.4. The number of aromatic nitrogens is 3. The van der Waals surface area contributed by atoms with Gasteiger partial charge in [-0.05, 0) is 36.2 Å². The zero-order valence-corrected chi connectivity index (χ0v) is 18.4. The van der Waals surface area contributed by atoms with Gasteiger partial charge in [0, 0.05) is 25.2 Å². The molecule has 0 N–H and O–H groups in total. The summed E-state index contributed by atoms with van der Waals surface area (Å²) in [6.07, 6.45) is 1.62. The lowest BCUT2D eigenvalue weighted by atomic mass is 10.1. The Bertz CT molecular complexity index is 986. The SMILES string of the molecule is COc1ccc(-n2c(CCc3ccccc3)nnc2SCC(=O)N2CCOCC2)cc1. The van der Waals surface area contributed by atoms with Crippen LogP contribution in [0.3, 0.4) is 0 Å². The first-order valence-electron chi connectivity index (χ1n) is 10.4. The Morgan fingerprint density at radius 1 is 1.03 bits per heavy atom. The molecule has 0 radical (unpaired) electrons. The van der Waals surface area contributed by atoms with Gasteiger partial charge < -0.3 is 14.4 Å². The number of hydrogen-bond acceptors (Lipinski definition) is 6. The molecule has 1 fully saturated rings. The summed E-state index contributed by atoms with van der Waals surface area (Å²) < 4.78 is 12.7. The fraction of sp³-hybridized carbons (Fsp3) is 0.348. The van der Waals surface area contributed by atoms with Gasteiger partial charge in [-0.15, -0.1) is 10.2 Å². The van der Waals surface area contributed by atoms with Crippen LogP contribution in [0.25, 0.3) is 5.69 Å². The second kappa shape index (κ2) is 10.5. The zero-order chi connectivity index (χ0) is 21.5. The first-order valence-corrected chi connectivity index (χ1v) is 11.3. The number of thioether (sulfide) groups is 1. The molecule has 0 saturated carbocycles. The third kappa shape index (κ3) is 5.45. The van der Waals surface area contributed by atoms with Crippen molar-refractivity contribution in [3.63, 3.8) is 0 Å². The Hall–Kier alpha value is -2.84. The summed E-state index contributed by atoms with van der Waals surface area (Å²) in [7, 11) is 1.65. The normalized spacial score (nSPS) is 13.9. The van der Waals surface area contributed by atoms with Crippen LogP contribution in [0.15, 0.2) is 59.8 Å². The molecule has 2 heterocycles. The maximum absolute atomic E-state index is 12.6. The van der Waals surface area contributed by atoms with Crippen molar-refractivity contribution in [1.82, 2.24) is 19.7 Å². The molecule has 31 heavy (non-hydrogen) atoms. The van der Waals surface area contributed by atoms with E-state index in [1.165, 1.54) is 17.3 Å². The van der Waals surface area contributed by atoms with E-state index >= 15 is 0 Å². The minimum Gasteiger partial charge on any atom is -0.497 e. The van der Waals surface area contributed by atoms with Gasteiger partial charge >= 0.3 is 0 Å². The minimum absolute atomic E-state index is 0.100. The molecular formula is C23H26N4O3S. The van der Waals surface area contributed by atoms with Crippen molar-refractivity contribution in [3.8, 4) is 11.4 Å². The van der Waals surface area contributed by atoms with Gasteiger partial charge in [0.2, 0.25) is 5.91 Å². The van der Waals surface area contributed by atoms with E-state index in [0.29, 0.717) is 32.1 Å². The minimum atomic E-state index is 0.100. The molecule has 7 nitrogen and oxygen atoms in total. The van der Waals surface area contributed by atoms with Gasteiger partial charge in [0.05, 0.1) is 26.1 Å². The van der Waals surface area contributed by atoms with Crippen LogP contribution in [0.2, 0.25) is 0 Å². The van der Waals surface area contributed by atoms with Crippen LogP contribution in [-0.2, 0) is 22.4 Å². The summed E-state index contributed by atoms with van der Waals surface area (Å²) in [5.74, 6) is 2.09. The fourth-order valence-electron chi connectivity index (χ4n) is 3.48. The van der Waals surface area contributed by atoms with Gasteiger partial charge in [-0.2, -0.15) is 0 Å². The number of benzene rings is 2. The van der Waals surface area contributed by atoms with E-state index in [9.17, 15) is 4.79 Å². The van der Waals surface area contributed by atoms with E-state index in [-0.39, 0.29) is 5.91 Å². The molecule has 0 bridgehead atoms. The number of rotatable bonds is 8. The molecule has 2 aromatic carbocycles. The van der Waals surface area contributed by atoms with Crippen LogP contribution in [0.5, 0.6) is 5.75 Å². The molecule has 1 amide bonds. The molecule has 1 saturated heterocycles. The Balaban J connectivity index is 1.53. The van der Waals surface area contributed by atoms with E-state index in [1.54, 1.807) is 7.11 Å². The Morgan fingerprint density at radius 3 is 2.48 bits per heavy atom. The third-order valence-corrected chi connectivity index (χ3v) is 6.11. The standard InChI is InChI=1S/C23H26N4O3S/c1-29-20-10-8-19(9-11-20)27-21(12-7-18-5-3-2-4-6-18)24-25-23(27)31-17-22(28)26-13-15-30-16-14-26/h2-6,8-11H,7,12-17H2,1H3. The smallest absolute Gasteiger partial charge is 0.233 e. The summed E-state index contributed by atoms with van der Waals surface area (Å²) >= 11 is 1.42. The van der Waals surface area contributed by atoms with Crippen molar-refractivity contribution in [2.45, 2.75) is 18.0 Å². The van der Waals surface area contributed by atoms with Crippen LogP contribution in [0.4, 0.5) is 0 Å². The number of ether oxygens (including phenoxy) is 2. The molecule has 1 aliphatic rings. The number of morpholine rings is 1. The predicted octanol–water partition coefficient (Wildman–Crippen LogP) is 3.01. The topological polar surface area (TPSA) is 69.5 Å². The van der Waals surface area contributed by atoms with E-state index in [1.807, 2.05) is 51.9 Å². The lowest BCUT2D eigenvalue weighted by molar-refractivity contribution is -0.132. The van der Waals surface area contributed by atoms with Crippen molar-refractivity contribution in [2.24, 2.45) is 0 Å². The maximum atomic E-state index is 12.6. The monoisotopic (exact) mass is 438 g/mol. The molecule has 1 aliphatic heterocycles. The van der Waals surface area contributed by atoms with Crippen molar-refractivity contribution in [1.29, 1.82) is 0 Å². The summed E-state index contributed by atoms with van der Waals surface area (Å²) in [6, 6.07) is 18.2. The van der Waals surface area contributed by atoms with Crippen LogP contribution in [0.1, 0.15) is 11.4 Å². The lowest BCUT2D eigenvalue weighted by Gasteiger charge is -2.26. The second-order valence-corrected chi connectivity index (χ2v) is 8.14. The number of carbonyl (C=O) groups excluding carboxylic acids is 1. The number of hydrogen-bond donors (Lipinski definition) is 0. The van der Waals surface area contributed by atoms with Gasteiger partial charge in [-0.1, -0.05) is 42.1 Å². The number of methoxy groups -OCH3 is 1. The Kier molecular flexibility index (Phi) is 7.22.